The highest BCUT2D eigenvalue weighted by atomic mass is 32.2. The van der Waals surface area contributed by atoms with Crippen molar-refractivity contribution < 1.29 is 9.53 Å². The molecule has 26 heavy (non-hydrogen) atoms. The number of thioether (sulfide) groups is 1. The Labute approximate surface area is 156 Å². The molecule has 0 bridgehead atoms. The Morgan fingerprint density at radius 2 is 2.08 bits per heavy atom. The molecule has 0 unspecified atom stereocenters. The van der Waals surface area contributed by atoms with Gasteiger partial charge in [0.05, 0.1) is 12.4 Å². The zero-order valence-electron chi connectivity index (χ0n) is 14.5. The van der Waals surface area contributed by atoms with Crippen LogP contribution in [0, 0.1) is 0 Å². The summed E-state index contributed by atoms with van der Waals surface area (Å²) in [5.41, 5.74) is 4.10. The number of aromatic nitrogens is 3. The highest BCUT2D eigenvalue weighted by Crippen LogP contribution is 2.27. The number of ketones is 1. The molecule has 1 aliphatic heterocycles. The van der Waals surface area contributed by atoms with Crippen molar-refractivity contribution in [2.45, 2.75) is 24.9 Å². The van der Waals surface area contributed by atoms with E-state index in [4.69, 9.17) is 4.74 Å². The summed E-state index contributed by atoms with van der Waals surface area (Å²) in [7, 11) is 0. The lowest BCUT2D eigenvalue weighted by Crippen LogP contribution is -2.03. The van der Waals surface area contributed by atoms with Crippen LogP contribution in [0.25, 0.3) is 11.4 Å². The smallest absolute Gasteiger partial charge is 0.209 e. The highest BCUT2D eigenvalue weighted by molar-refractivity contribution is 7.99. The first-order valence-electron chi connectivity index (χ1n) is 8.66. The van der Waals surface area contributed by atoms with Gasteiger partial charge in [-0.2, -0.15) is 0 Å². The predicted octanol–water partition coefficient (Wildman–Crippen LogP) is 3.94. The second-order valence-corrected chi connectivity index (χ2v) is 7.09. The van der Waals surface area contributed by atoms with Gasteiger partial charge in [-0.15, -0.1) is 5.10 Å². The number of fused-ring (bicyclic) bond motifs is 1. The normalized spacial score (nSPS) is 12.7. The standard InChI is InChI=1S/C20H19N3O2S/c1-2-13-3-5-14(6-4-13)19-21-20(23-22-19)26-12-17(24)15-7-8-18-16(11-15)9-10-25-18/h3-8,11H,2,9-10,12H2,1H3,(H,21,22,23). The van der Waals surface area contributed by atoms with Gasteiger partial charge in [-0.05, 0) is 35.7 Å². The van der Waals surface area contributed by atoms with Crippen molar-refractivity contribution in [3.63, 3.8) is 0 Å². The fourth-order valence-electron chi connectivity index (χ4n) is 2.91. The molecule has 0 saturated carbocycles. The summed E-state index contributed by atoms with van der Waals surface area (Å²) in [5.74, 6) is 1.99. The number of H-pyrrole nitrogens is 1. The van der Waals surface area contributed by atoms with Gasteiger partial charge in [0.2, 0.25) is 5.16 Å². The third-order valence-corrected chi connectivity index (χ3v) is 5.29. The average molecular weight is 365 g/mol. The zero-order valence-corrected chi connectivity index (χ0v) is 15.3. The van der Waals surface area contributed by atoms with Crippen molar-refractivity contribution >= 4 is 17.5 Å². The molecule has 6 heteroatoms. The van der Waals surface area contributed by atoms with Crippen LogP contribution in [-0.2, 0) is 12.8 Å². The summed E-state index contributed by atoms with van der Waals surface area (Å²) >= 11 is 1.35. The van der Waals surface area contributed by atoms with Crippen molar-refractivity contribution in [3.8, 4) is 17.1 Å². The molecule has 0 radical (unpaired) electrons. The number of Topliss-reactive ketones (excluding diaryl/α,β-unsaturated/α-hetero) is 1. The number of hydrogen-bond acceptors (Lipinski definition) is 5. The molecule has 0 saturated heterocycles. The number of nitrogens with one attached hydrogen (secondary N) is 1. The fourth-order valence-corrected chi connectivity index (χ4v) is 3.60. The number of nitrogens with zero attached hydrogens (tertiary/aromatic N) is 2. The summed E-state index contributed by atoms with van der Waals surface area (Å²) in [4.78, 5) is 16.9. The van der Waals surface area contributed by atoms with Gasteiger partial charge in [-0.3, -0.25) is 9.89 Å². The van der Waals surface area contributed by atoms with Gasteiger partial charge >= 0.3 is 0 Å². The van der Waals surface area contributed by atoms with Crippen LogP contribution >= 0.6 is 11.8 Å². The molecule has 0 spiro atoms. The molecule has 0 amide bonds. The van der Waals surface area contributed by atoms with Crippen molar-refractivity contribution in [3.05, 3.63) is 59.2 Å². The predicted molar refractivity (Wildman–Crippen MR) is 102 cm³/mol. The summed E-state index contributed by atoms with van der Waals surface area (Å²) in [6.07, 6.45) is 1.87. The minimum atomic E-state index is 0.0725. The lowest BCUT2D eigenvalue weighted by atomic mass is 10.1. The van der Waals surface area contributed by atoms with Crippen LogP contribution in [0.4, 0.5) is 0 Å². The molecule has 132 valence electrons. The van der Waals surface area contributed by atoms with Gasteiger partial charge in [0.1, 0.15) is 5.75 Å². The maximum Gasteiger partial charge on any atom is 0.209 e. The molecule has 3 aromatic rings. The van der Waals surface area contributed by atoms with Gasteiger partial charge < -0.3 is 4.74 Å². The van der Waals surface area contributed by atoms with Gasteiger partial charge in [-0.1, -0.05) is 43.0 Å². The molecule has 4 rings (SSSR count). The van der Waals surface area contributed by atoms with Gasteiger partial charge in [0.25, 0.3) is 0 Å². The Hall–Kier alpha value is -2.60. The van der Waals surface area contributed by atoms with E-state index in [0.29, 0.717) is 23.1 Å². The molecular weight excluding hydrogens is 346 g/mol. The molecule has 1 N–H and O–H groups in total. The topological polar surface area (TPSA) is 67.9 Å². The van der Waals surface area contributed by atoms with E-state index in [-0.39, 0.29) is 5.78 Å². The summed E-state index contributed by atoms with van der Waals surface area (Å²) in [6.45, 7) is 2.82. The van der Waals surface area contributed by atoms with E-state index >= 15 is 0 Å². The van der Waals surface area contributed by atoms with Crippen LogP contribution in [0.5, 0.6) is 5.75 Å². The molecule has 0 aliphatic carbocycles. The Balaban J connectivity index is 1.40. The average Bonchev–Trinajstić information content (AvgIpc) is 3.35. The Morgan fingerprint density at radius 1 is 1.23 bits per heavy atom. The third kappa shape index (κ3) is 3.51. The molecular formula is C20H19N3O2S. The van der Waals surface area contributed by atoms with Crippen LogP contribution in [0.2, 0.25) is 0 Å². The molecule has 5 nitrogen and oxygen atoms in total. The first-order chi connectivity index (χ1) is 12.7. The van der Waals surface area contributed by atoms with Gasteiger partial charge in [0, 0.05) is 17.5 Å². The molecule has 1 aromatic heterocycles. The largest absolute Gasteiger partial charge is 0.493 e. The minimum absolute atomic E-state index is 0.0725. The first-order valence-corrected chi connectivity index (χ1v) is 9.65. The van der Waals surface area contributed by atoms with E-state index in [9.17, 15) is 4.79 Å². The van der Waals surface area contributed by atoms with Gasteiger partial charge in [-0.25, -0.2) is 4.98 Å². The van der Waals surface area contributed by atoms with Crippen molar-refractivity contribution in [1.29, 1.82) is 0 Å². The van der Waals surface area contributed by atoms with E-state index in [2.05, 4.69) is 34.2 Å². The van der Waals surface area contributed by atoms with Crippen LogP contribution in [0.3, 0.4) is 0 Å². The van der Waals surface area contributed by atoms with Crippen LogP contribution < -0.4 is 4.74 Å². The second-order valence-electron chi connectivity index (χ2n) is 6.15. The Bertz CT molecular complexity index is 934. The lowest BCUT2D eigenvalue weighted by Gasteiger charge is -2.02. The minimum Gasteiger partial charge on any atom is -0.493 e. The number of hydrogen-bond donors (Lipinski definition) is 1. The van der Waals surface area contributed by atoms with Crippen LogP contribution in [-0.4, -0.2) is 33.3 Å². The fraction of sp³-hybridized carbons (Fsp3) is 0.250. The van der Waals surface area contributed by atoms with E-state index in [1.54, 1.807) is 0 Å². The maximum absolute atomic E-state index is 12.4. The number of ether oxygens (including phenoxy) is 1. The highest BCUT2D eigenvalue weighted by Gasteiger charge is 2.16. The maximum atomic E-state index is 12.4. The number of carbonyl (C=O) groups excluding carboxylic acids is 1. The zero-order chi connectivity index (χ0) is 17.9. The lowest BCUT2D eigenvalue weighted by molar-refractivity contribution is 0.102. The quantitative estimate of drug-likeness (QED) is 0.529. The number of carbonyl (C=O) groups is 1. The number of aryl methyl sites for hydroxylation is 1. The Kier molecular flexibility index (Phi) is 4.75. The number of benzene rings is 2. The van der Waals surface area contributed by atoms with E-state index in [1.165, 1.54) is 17.3 Å². The Morgan fingerprint density at radius 3 is 2.88 bits per heavy atom. The second kappa shape index (κ2) is 7.33. The summed E-state index contributed by atoms with van der Waals surface area (Å²) in [6, 6.07) is 13.9. The molecule has 1 aliphatic rings. The van der Waals surface area contributed by atoms with E-state index in [0.717, 1.165) is 35.5 Å². The van der Waals surface area contributed by atoms with Gasteiger partial charge in [0.15, 0.2) is 11.6 Å². The molecule has 2 aromatic carbocycles. The van der Waals surface area contributed by atoms with Crippen LogP contribution in [0.1, 0.15) is 28.4 Å². The molecule has 0 atom stereocenters. The SMILES string of the molecule is CCc1ccc(-c2nc(SCC(=O)c3ccc4c(c3)CCO4)n[nH]2)cc1. The molecule has 2 heterocycles. The summed E-state index contributed by atoms with van der Waals surface area (Å²) < 4.78 is 5.48. The monoisotopic (exact) mass is 365 g/mol. The van der Waals surface area contributed by atoms with Crippen LogP contribution in [0.15, 0.2) is 47.6 Å². The van der Waals surface area contributed by atoms with Crippen molar-refractivity contribution in [2.24, 2.45) is 0 Å². The number of aromatic amines is 1. The van der Waals surface area contributed by atoms with Crippen molar-refractivity contribution in [1.82, 2.24) is 15.2 Å². The van der Waals surface area contributed by atoms with E-state index in [1.807, 2.05) is 30.3 Å². The van der Waals surface area contributed by atoms with Crippen molar-refractivity contribution in [2.75, 3.05) is 12.4 Å². The number of rotatable bonds is 6. The first kappa shape index (κ1) is 16.8. The summed E-state index contributed by atoms with van der Waals surface area (Å²) in [5, 5.41) is 7.74. The molecule has 0 fully saturated rings. The van der Waals surface area contributed by atoms with E-state index < -0.39 is 0 Å². The third-order valence-electron chi connectivity index (χ3n) is 4.44.